The van der Waals surface area contributed by atoms with Crippen LogP contribution in [0.15, 0.2) is 67.0 Å². The summed E-state index contributed by atoms with van der Waals surface area (Å²) in [6.07, 6.45) is 3.75. The first kappa shape index (κ1) is 16.8. The van der Waals surface area contributed by atoms with Crippen molar-refractivity contribution in [3.05, 3.63) is 78.2 Å². The number of halogens is 1. The fraction of sp³-hybridized carbons (Fsp3) is 0.0476. The Kier molecular flexibility index (Phi) is 4.03. The third-order valence-corrected chi connectivity index (χ3v) is 4.85. The van der Waals surface area contributed by atoms with Gasteiger partial charge in [0.25, 0.3) is 11.5 Å². The maximum absolute atomic E-state index is 13.4. The molecule has 0 saturated heterocycles. The number of para-hydroxylation sites is 2. The number of fused-ring (bicyclic) bond motifs is 4. The van der Waals surface area contributed by atoms with E-state index in [1.165, 1.54) is 0 Å². The van der Waals surface area contributed by atoms with Gasteiger partial charge in [-0.25, -0.2) is 0 Å². The average molecular weight is 453 g/mol. The second-order valence-electron chi connectivity index (χ2n) is 6.31. The van der Waals surface area contributed by atoms with E-state index in [1.54, 1.807) is 6.20 Å². The number of H-pyrrole nitrogens is 2. The van der Waals surface area contributed by atoms with Gasteiger partial charge in [0, 0.05) is 39.5 Å². The fourth-order valence-electron chi connectivity index (χ4n) is 3.62. The van der Waals surface area contributed by atoms with Gasteiger partial charge in [-0.05, 0) is 12.1 Å². The van der Waals surface area contributed by atoms with Crippen LogP contribution in [0.2, 0.25) is 0 Å². The lowest BCUT2D eigenvalue weighted by molar-refractivity contribution is -0.672. The summed E-state index contributed by atoms with van der Waals surface area (Å²) >= 11 is 0. The van der Waals surface area contributed by atoms with Crippen LogP contribution in [0.1, 0.15) is 16.1 Å². The Bertz CT molecular complexity index is 1280. The van der Waals surface area contributed by atoms with Gasteiger partial charge in [0.2, 0.25) is 0 Å². The molecule has 0 atom stereocenters. The molecule has 0 aliphatic rings. The van der Waals surface area contributed by atoms with Gasteiger partial charge in [0.05, 0.1) is 5.56 Å². The van der Waals surface area contributed by atoms with E-state index >= 15 is 0 Å². The third-order valence-electron chi connectivity index (χ3n) is 4.85. The van der Waals surface area contributed by atoms with E-state index in [9.17, 15) is 4.79 Å². The van der Waals surface area contributed by atoms with E-state index in [2.05, 4.69) is 22.1 Å². The third kappa shape index (κ3) is 2.34. The summed E-state index contributed by atoms with van der Waals surface area (Å²) in [6.45, 7) is 0. The van der Waals surface area contributed by atoms with Gasteiger partial charge < -0.3 is 33.9 Å². The van der Waals surface area contributed by atoms with Crippen LogP contribution in [0.25, 0.3) is 32.7 Å². The molecule has 4 nitrogen and oxygen atoms in total. The zero-order valence-electron chi connectivity index (χ0n) is 14.1. The highest BCUT2D eigenvalue weighted by Gasteiger charge is 2.26. The fourth-order valence-corrected chi connectivity index (χ4v) is 3.62. The Morgan fingerprint density at radius 2 is 1.58 bits per heavy atom. The first-order chi connectivity index (χ1) is 12.2. The summed E-state index contributed by atoms with van der Waals surface area (Å²) in [6, 6.07) is 18.1. The first-order valence-electron chi connectivity index (χ1n) is 8.24. The summed E-state index contributed by atoms with van der Waals surface area (Å²) in [4.78, 5) is 20.0. The predicted octanol–water partition coefficient (Wildman–Crippen LogP) is 0.862. The van der Waals surface area contributed by atoms with Crippen LogP contribution in [-0.4, -0.2) is 15.8 Å². The summed E-state index contributed by atoms with van der Waals surface area (Å²) in [5, 5.41) is 3.14. The Morgan fingerprint density at radius 3 is 2.38 bits per heavy atom. The number of nitrogens with zero attached hydrogens (tertiary/aromatic N) is 1. The standard InChI is InChI=1S/C21H15N3O.HI/c1-24-11-10-15-13-6-3-5-9-18(13)23-19(15)20(24)21(25)16-12-22-17-8-4-2-7-14(16)17;/h2-12H,1H3,(H,22,25);1H. The molecule has 0 fully saturated rings. The van der Waals surface area contributed by atoms with Crippen LogP contribution in [0.4, 0.5) is 0 Å². The van der Waals surface area contributed by atoms with Crippen molar-refractivity contribution in [1.82, 2.24) is 9.97 Å². The van der Waals surface area contributed by atoms with Crippen LogP contribution in [0.3, 0.4) is 0 Å². The zero-order chi connectivity index (χ0) is 17.0. The largest absolute Gasteiger partial charge is 1.00 e. The van der Waals surface area contributed by atoms with E-state index in [-0.39, 0.29) is 29.8 Å². The average Bonchev–Trinajstić information content (AvgIpc) is 3.22. The molecular formula is C21H16IN3O. The minimum atomic E-state index is 0. The van der Waals surface area contributed by atoms with Crippen molar-refractivity contribution < 1.29 is 33.3 Å². The molecule has 0 unspecified atom stereocenters. The Labute approximate surface area is 166 Å². The normalized spacial score (nSPS) is 11.1. The molecule has 0 spiro atoms. The number of aromatic amines is 2. The number of hydrogen-bond acceptors (Lipinski definition) is 1. The summed E-state index contributed by atoms with van der Waals surface area (Å²) in [7, 11) is 1.91. The van der Waals surface area contributed by atoms with Crippen LogP contribution in [-0.2, 0) is 7.05 Å². The molecule has 5 aromatic rings. The molecule has 0 saturated carbocycles. The molecule has 0 aliphatic carbocycles. The molecule has 128 valence electrons. The molecular weight excluding hydrogens is 437 g/mol. The van der Waals surface area contributed by atoms with Gasteiger partial charge in [-0.1, -0.05) is 36.4 Å². The lowest BCUT2D eigenvalue weighted by atomic mass is 10.0. The van der Waals surface area contributed by atoms with Crippen molar-refractivity contribution in [3.8, 4) is 0 Å². The van der Waals surface area contributed by atoms with Gasteiger partial charge in [0.1, 0.15) is 12.6 Å². The van der Waals surface area contributed by atoms with E-state index in [0.717, 1.165) is 32.7 Å². The van der Waals surface area contributed by atoms with E-state index in [4.69, 9.17) is 0 Å². The maximum atomic E-state index is 13.4. The molecule has 0 radical (unpaired) electrons. The molecule has 3 aromatic heterocycles. The number of nitrogens with one attached hydrogen (secondary N) is 2. The molecule has 26 heavy (non-hydrogen) atoms. The van der Waals surface area contributed by atoms with Crippen molar-refractivity contribution in [1.29, 1.82) is 0 Å². The highest BCUT2D eigenvalue weighted by molar-refractivity contribution is 6.21. The second kappa shape index (κ2) is 6.25. The number of carbonyl (C=O) groups excluding carboxylic acids is 1. The molecule has 2 aromatic carbocycles. The lowest BCUT2D eigenvalue weighted by Crippen LogP contribution is -3.00. The van der Waals surface area contributed by atoms with Gasteiger partial charge in [0.15, 0.2) is 6.20 Å². The Balaban J connectivity index is 0.00000168. The monoisotopic (exact) mass is 453 g/mol. The number of pyridine rings is 1. The second-order valence-corrected chi connectivity index (χ2v) is 6.31. The molecule has 5 rings (SSSR count). The minimum Gasteiger partial charge on any atom is -1.00 e. The van der Waals surface area contributed by atoms with Crippen molar-refractivity contribution >= 4 is 38.5 Å². The van der Waals surface area contributed by atoms with Gasteiger partial charge >= 0.3 is 0 Å². The minimum absolute atomic E-state index is 0. The van der Waals surface area contributed by atoms with Gasteiger partial charge in [-0.2, -0.15) is 4.57 Å². The highest BCUT2D eigenvalue weighted by atomic mass is 127. The summed E-state index contributed by atoms with van der Waals surface area (Å²) < 4.78 is 1.89. The number of hydrogen-bond donors (Lipinski definition) is 2. The first-order valence-corrected chi connectivity index (χ1v) is 8.24. The molecule has 2 N–H and O–H groups in total. The van der Waals surface area contributed by atoms with Crippen molar-refractivity contribution in [2.45, 2.75) is 0 Å². The number of ketones is 1. The molecule has 5 heteroatoms. The predicted molar refractivity (Wildman–Crippen MR) is 98.7 cm³/mol. The molecule has 3 heterocycles. The highest BCUT2D eigenvalue weighted by Crippen LogP contribution is 2.28. The van der Waals surface area contributed by atoms with E-state index < -0.39 is 0 Å². The van der Waals surface area contributed by atoms with Crippen molar-refractivity contribution in [2.24, 2.45) is 7.05 Å². The molecule has 0 amide bonds. The maximum Gasteiger partial charge on any atom is 0.277 e. The van der Waals surface area contributed by atoms with E-state index in [1.807, 2.05) is 60.3 Å². The number of aryl methyl sites for hydroxylation is 1. The van der Waals surface area contributed by atoms with Gasteiger partial charge in [-0.3, -0.25) is 4.79 Å². The molecule has 0 bridgehead atoms. The van der Waals surface area contributed by atoms with Crippen LogP contribution < -0.4 is 28.5 Å². The SMILES string of the molecule is C[n+]1ccc2c([nH]c3ccccc32)c1C(=O)c1c[nH]c2ccccc12.[I-]. The Morgan fingerprint density at radius 1 is 0.885 bits per heavy atom. The smallest absolute Gasteiger partial charge is 0.277 e. The molecule has 0 aliphatic heterocycles. The number of rotatable bonds is 2. The number of carbonyl (C=O) groups is 1. The summed E-state index contributed by atoms with van der Waals surface area (Å²) in [5.41, 5.74) is 4.24. The topological polar surface area (TPSA) is 52.5 Å². The van der Waals surface area contributed by atoms with Crippen LogP contribution in [0.5, 0.6) is 0 Å². The Hall–Kier alpha value is -2.67. The quantitative estimate of drug-likeness (QED) is 0.233. The van der Waals surface area contributed by atoms with E-state index in [0.29, 0.717) is 11.3 Å². The van der Waals surface area contributed by atoms with Gasteiger partial charge in [-0.15, -0.1) is 0 Å². The van der Waals surface area contributed by atoms with Crippen molar-refractivity contribution in [2.75, 3.05) is 0 Å². The lowest BCUT2D eigenvalue weighted by Gasteiger charge is -2.01. The number of benzene rings is 2. The number of aromatic nitrogens is 3. The summed E-state index contributed by atoms with van der Waals surface area (Å²) in [5.74, 6) is 0.0112. The van der Waals surface area contributed by atoms with Crippen LogP contribution >= 0.6 is 0 Å². The zero-order valence-corrected chi connectivity index (χ0v) is 16.2. The van der Waals surface area contributed by atoms with Crippen molar-refractivity contribution in [3.63, 3.8) is 0 Å². The van der Waals surface area contributed by atoms with Crippen LogP contribution in [0, 0.1) is 0 Å².